The minimum atomic E-state index is -4.26. The molecule has 1 aromatic carbocycles. The second-order valence-corrected chi connectivity index (χ2v) is 5.02. The number of alkyl halides is 3. The minimum Gasteiger partial charge on any atom is -0.383 e. The van der Waals surface area contributed by atoms with Gasteiger partial charge in [0.2, 0.25) is 0 Å². The maximum absolute atomic E-state index is 12.8. The molecule has 1 unspecified atom stereocenters. The van der Waals surface area contributed by atoms with Crippen LogP contribution in [0.25, 0.3) is 0 Å². The van der Waals surface area contributed by atoms with Crippen LogP contribution >= 0.6 is 0 Å². The molecule has 0 aliphatic heterocycles. The second kappa shape index (κ2) is 8.36. The smallest absolute Gasteiger partial charge is 0.383 e. The zero-order valence-electron chi connectivity index (χ0n) is 12.7. The van der Waals surface area contributed by atoms with Gasteiger partial charge in [-0.25, -0.2) is 10.4 Å². The molecule has 0 aromatic heterocycles. The van der Waals surface area contributed by atoms with Crippen molar-refractivity contribution in [1.29, 1.82) is 0 Å². The third kappa shape index (κ3) is 6.46. The Hall–Kier alpha value is -1.11. The fraction of sp³-hybridized carbons (Fsp3) is 0.600. The molecule has 0 saturated carbocycles. The number of methoxy groups -OCH3 is 1. The molecule has 0 heterocycles. The number of hydrogen-bond donors (Lipinski definition) is 1. The largest absolute Gasteiger partial charge is 0.402 e. The molecule has 0 radical (unpaired) electrons. The van der Waals surface area contributed by atoms with Crippen LogP contribution in [0.2, 0.25) is 0 Å². The van der Waals surface area contributed by atoms with E-state index in [1.165, 1.54) is 12.1 Å². The molecule has 21 heavy (non-hydrogen) atoms. The van der Waals surface area contributed by atoms with Crippen LogP contribution in [-0.4, -0.2) is 37.5 Å². The van der Waals surface area contributed by atoms with E-state index in [4.69, 9.17) is 4.74 Å². The summed E-state index contributed by atoms with van der Waals surface area (Å²) in [5, 5.41) is 1.24. The molecule has 1 aromatic rings. The highest BCUT2D eigenvalue weighted by Crippen LogP contribution is 2.20. The van der Waals surface area contributed by atoms with E-state index >= 15 is 0 Å². The lowest BCUT2D eigenvalue weighted by Gasteiger charge is -2.34. The Morgan fingerprint density at radius 3 is 2.33 bits per heavy atom. The summed E-state index contributed by atoms with van der Waals surface area (Å²) in [6, 6.07) is 8.86. The van der Waals surface area contributed by atoms with Crippen molar-refractivity contribution >= 4 is 0 Å². The van der Waals surface area contributed by atoms with Gasteiger partial charge in [-0.1, -0.05) is 37.3 Å². The van der Waals surface area contributed by atoms with Crippen molar-refractivity contribution < 1.29 is 17.9 Å². The molecule has 0 fully saturated rings. The lowest BCUT2D eigenvalue weighted by molar-refractivity contribution is -0.163. The summed E-state index contributed by atoms with van der Waals surface area (Å²) in [6.07, 6.45) is -3.69. The lowest BCUT2D eigenvalue weighted by atomic mass is 10.1. The first-order valence-electron chi connectivity index (χ1n) is 7.00. The molecule has 120 valence electrons. The summed E-state index contributed by atoms with van der Waals surface area (Å²) in [6.45, 7) is 2.94. The van der Waals surface area contributed by atoms with E-state index in [0.717, 1.165) is 5.56 Å². The molecule has 0 saturated heterocycles. The Bertz CT molecular complexity index is 398. The molecule has 0 aliphatic carbocycles. The molecule has 0 aliphatic rings. The predicted molar refractivity (Wildman–Crippen MR) is 76.7 cm³/mol. The Morgan fingerprint density at radius 1 is 1.24 bits per heavy atom. The second-order valence-electron chi connectivity index (χ2n) is 5.02. The lowest BCUT2D eigenvalue weighted by Crippen LogP contribution is -2.52. The van der Waals surface area contributed by atoms with Gasteiger partial charge >= 0.3 is 6.18 Å². The van der Waals surface area contributed by atoms with Crippen molar-refractivity contribution in [2.24, 2.45) is 0 Å². The molecule has 0 bridgehead atoms. The maximum atomic E-state index is 12.8. The summed E-state index contributed by atoms with van der Waals surface area (Å²) < 4.78 is 43.3. The first kappa shape index (κ1) is 17.9. The van der Waals surface area contributed by atoms with Gasteiger partial charge < -0.3 is 4.74 Å². The Balaban J connectivity index is 2.80. The summed E-state index contributed by atoms with van der Waals surface area (Å²) in [4.78, 5) is 0. The van der Waals surface area contributed by atoms with Gasteiger partial charge in [-0.15, -0.1) is 0 Å². The SMILES string of the molecule is CC[C@H](COC)N(CC(F)(F)F)NC(C)c1ccccc1. The van der Waals surface area contributed by atoms with Crippen molar-refractivity contribution in [3.8, 4) is 0 Å². The van der Waals surface area contributed by atoms with Crippen LogP contribution in [0.5, 0.6) is 0 Å². The normalized spacial score (nSPS) is 15.2. The summed E-state index contributed by atoms with van der Waals surface area (Å²) in [5.41, 5.74) is 3.90. The Morgan fingerprint density at radius 2 is 1.86 bits per heavy atom. The monoisotopic (exact) mass is 304 g/mol. The number of benzene rings is 1. The highest BCUT2D eigenvalue weighted by atomic mass is 19.4. The van der Waals surface area contributed by atoms with Gasteiger partial charge in [-0.2, -0.15) is 13.2 Å². The fourth-order valence-corrected chi connectivity index (χ4v) is 2.16. The van der Waals surface area contributed by atoms with Crippen molar-refractivity contribution in [1.82, 2.24) is 10.4 Å². The van der Waals surface area contributed by atoms with Gasteiger partial charge in [0.15, 0.2) is 0 Å². The van der Waals surface area contributed by atoms with Crippen LogP contribution < -0.4 is 5.43 Å². The van der Waals surface area contributed by atoms with Crippen LogP contribution in [0.1, 0.15) is 31.9 Å². The zero-order valence-corrected chi connectivity index (χ0v) is 12.7. The van der Waals surface area contributed by atoms with Gasteiger partial charge in [-0.05, 0) is 18.9 Å². The maximum Gasteiger partial charge on any atom is 0.402 e. The summed E-state index contributed by atoms with van der Waals surface area (Å²) >= 11 is 0. The number of nitrogens with zero attached hydrogens (tertiary/aromatic N) is 1. The topological polar surface area (TPSA) is 24.5 Å². The van der Waals surface area contributed by atoms with E-state index in [9.17, 15) is 13.2 Å². The van der Waals surface area contributed by atoms with Crippen molar-refractivity contribution in [2.45, 2.75) is 38.5 Å². The number of hydrogen-bond acceptors (Lipinski definition) is 3. The number of hydrazine groups is 1. The molecule has 0 amide bonds. The molecule has 6 heteroatoms. The highest BCUT2D eigenvalue weighted by molar-refractivity contribution is 5.17. The Kier molecular flexibility index (Phi) is 7.14. The van der Waals surface area contributed by atoms with Gasteiger partial charge in [0, 0.05) is 19.2 Å². The van der Waals surface area contributed by atoms with Gasteiger partial charge in [0.1, 0.15) is 6.54 Å². The van der Waals surface area contributed by atoms with Crippen molar-refractivity contribution in [3.63, 3.8) is 0 Å². The average molecular weight is 304 g/mol. The van der Waals surface area contributed by atoms with Crippen LogP contribution in [0.4, 0.5) is 13.2 Å². The summed E-state index contributed by atoms with van der Waals surface area (Å²) in [7, 11) is 1.50. The Labute approximate surface area is 124 Å². The van der Waals surface area contributed by atoms with Gasteiger partial charge in [-0.3, -0.25) is 0 Å². The third-order valence-electron chi connectivity index (χ3n) is 3.28. The molecule has 1 N–H and O–H groups in total. The van der Waals surface area contributed by atoms with Crippen LogP contribution in [0, 0.1) is 0 Å². The number of ether oxygens (including phenoxy) is 1. The molecular formula is C15H23F3N2O. The van der Waals surface area contributed by atoms with E-state index in [-0.39, 0.29) is 18.7 Å². The first-order valence-corrected chi connectivity index (χ1v) is 7.00. The van der Waals surface area contributed by atoms with E-state index < -0.39 is 12.7 Å². The van der Waals surface area contributed by atoms with Gasteiger partial charge in [0.05, 0.1) is 6.61 Å². The van der Waals surface area contributed by atoms with E-state index in [0.29, 0.717) is 6.42 Å². The highest BCUT2D eigenvalue weighted by Gasteiger charge is 2.34. The average Bonchev–Trinajstić information content (AvgIpc) is 2.43. The standard InChI is InChI=1S/C15H23F3N2O/c1-4-14(10-21-3)20(11-15(16,17)18)19-12(2)13-8-6-5-7-9-13/h5-9,12,14,19H,4,10-11H2,1-3H3/t12?,14-/m1/s1. The number of halogens is 3. The number of rotatable bonds is 8. The fourth-order valence-electron chi connectivity index (χ4n) is 2.16. The third-order valence-corrected chi connectivity index (χ3v) is 3.28. The zero-order chi connectivity index (χ0) is 15.9. The molecule has 1 rings (SSSR count). The molecular weight excluding hydrogens is 281 g/mol. The molecule has 2 atom stereocenters. The predicted octanol–water partition coefficient (Wildman–Crippen LogP) is 3.54. The molecule has 3 nitrogen and oxygen atoms in total. The van der Waals surface area contributed by atoms with Gasteiger partial charge in [0.25, 0.3) is 0 Å². The van der Waals surface area contributed by atoms with Crippen molar-refractivity contribution in [3.05, 3.63) is 35.9 Å². The quantitative estimate of drug-likeness (QED) is 0.743. The van der Waals surface area contributed by atoms with Crippen LogP contribution in [-0.2, 0) is 4.74 Å². The van der Waals surface area contributed by atoms with E-state index in [1.54, 1.807) is 0 Å². The van der Waals surface area contributed by atoms with E-state index in [2.05, 4.69) is 5.43 Å². The van der Waals surface area contributed by atoms with Crippen LogP contribution in [0.3, 0.4) is 0 Å². The minimum absolute atomic E-state index is 0.209. The number of nitrogens with one attached hydrogen (secondary N) is 1. The molecule has 0 spiro atoms. The summed E-state index contributed by atoms with van der Waals surface area (Å²) in [5.74, 6) is 0. The van der Waals surface area contributed by atoms with Crippen molar-refractivity contribution in [2.75, 3.05) is 20.3 Å². The van der Waals surface area contributed by atoms with Crippen LogP contribution in [0.15, 0.2) is 30.3 Å². The van der Waals surface area contributed by atoms with E-state index in [1.807, 2.05) is 44.2 Å². The first-order chi connectivity index (χ1) is 9.87.